The number of H-pyrrole nitrogens is 1. The van der Waals surface area contributed by atoms with E-state index in [9.17, 15) is 0 Å². The molecule has 84 valence electrons. The normalized spacial score (nSPS) is 23.9. The molecule has 1 fully saturated rings. The molecule has 6 nitrogen and oxygen atoms in total. The summed E-state index contributed by atoms with van der Waals surface area (Å²) in [6, 6.07) is 0.0176. The molecule has 0 saturated carbocycles. The summed E-state index contributed by atoms with van der Waals surface area (Å²) in [7, 11) is 0. The summed E-state index contributed by atoms with van der Waals surface area (Å²) in [5.41, 5.74) is 9.49. The quantitative estimate of drug-likeness (QED) is 0.414. The highest BCUT2D eigenvalue weighted by molar-refractivity contribution is 5.39. The summed E-state index contributed by atoms with van der Waals surface area (Å²) < 4.78 is 5.44. The molecule has 6 N–H and O–H groups in total. The van der Waals surface area contributed by atoms with Gasteiger partial charge in [-0.25, -0.2) is 0 Å². The Hall–Kier alpha value is -1.11. The summed E-state index contributed by atoms with van der Waals surface area (Å²) in [6.07, 6.45) is 3.88. The topological polar surface area (TPSA) is 102 Å². The standard InChI is InChI=1S/C9H17N5O/c10-9-7(4-12-14-9)8(13-11)6-2-1-3-15-5-6/h4,6,8,13H,1-3,5,11H2,(H3,10,12,14). The molecule has 2 heterocycles. The molecule has 2 atom stereocenters. The molecular weight excluding hydrogens is 194 g/mol. The minimum Gasteiger partial charge on any atom is -0.384 e. The van der Waals surface area contributed by atoms with Gasteiger partial charge >= 0.3 is 0 Å². The summed E-state index contributed by atoms with van der Waals surface area (Å²) in [4.78, 5) is 0. The molecule has 0 bridgehead atoms. The van der Waals surface area contributed by atoms with Crippen LogP contribution in [0.2, 0.25) is 0 Å². The Morgan fingerprint density at radius 1 is 1.67 bits per heavy atom. The van der Waals surface area contributed by atoms with Gasteiger partial charge in [0.05, 0.1) is 18.8 Å². The zero-order valence-corrected chi connectivity index (χ0v) is 8.57. The van der Waals surface area contributed by atoms with Gasteiger partial charge in [-0.1, -0.05) is 0 Å². The number of nitrogens with zero attached hydrogens (tertiary/aromatic N) is 1. The lowest BCUT2D eigenvalue weighted by atomic mass is 9.90. The Kier molecular flexibility index (Phi) is 3.20. The fourth-order valence-corrected chi connectivity index (χ4v) is 2.06. The van der Waals surface area contributed by atoms with E-state index in [4.69, 9.17) is 16.3 Å². The molecule has 1 aliphatic heterocycles. The van der Waals surface area contributed by atoms with E-state index in [2.05, 4.69) is 15.6 Å². The number of aromatic amines is 1. The third kappa shape index (κ3) is 2.11. The minimum absolute atomic E-state index is 0.0176. The van der Waals surface area contributed by atoms with Gasteiger partial charge < -0.3 is 10.5 Å². The Balaban J connectivity index is 2.12. The average molecular weight is 211 g/mol. The van der Waals surface area contributed by atoms with Gasteiger partial charge in [0.2, 0.25) is 0 Å². The van der Waals surface area contributed by atoms with Crippen molar-refractivity contribution >= 4 is 5.82 Å². The number of nitrogens with one attached hydrogen (secondary N) is 2. The van der Waals surface area contributed by atoms with Crippen molar-refractivity contribution in [2.75, 3.05) is 18.9 Å². The zero-order valence-electron chi connectivity index (χ0n) is 8.57. The van der Waals surface area contributed by atoms with E-state index in [1.165, 1.54) is 0 Å². The molecule has 0 aromatic carbocycles. The van der Waals surface area contributed by atoms with Crippen molar-refractivity contribution in [3.63, 3.8) is 0 Å². The fourth-order valence-electron chi connectivity index (χ4n) is 2.06. The molecule has 1 saturated heterocycles. The lowest BCUT2D eigenvalue weighted by Gasteiger charge is -2.29. The second-order valence-electron chi connectivity index (χ2n) is 3.86. The molecule has 0 spiro atoms. The lowest BCUT2D eigenvalue weighted by molar-refractivity contribution is 0.0391. The van der Waals surface area contributed by atoms with Crippen LogP contribution in [-0.4, -0.2) is 23.4 Å². The van der Waals surface area contributed by atoms with Gasteiger partial charge in [0, 0.05) is 18.1 Å². The van der Waals surface area contributed by atoms with Crippen molar-refractivity contribution < 1.29 is 4.74 Å². The Labute approximate surface area is 88.3 Å². The number of nitrogens with two attached hydrogens (primary N) is 2. The molecule has 0 aliphatic carbocycles. The van der Waals surface area contributed by atoms with Crippen LogP contribution in [0, 0.1) is 5.92 Å². The second kappa shape index (κ2) is 4.61. The van der Waals surface area contributed by atoms with Gasteiger partial charge in [0.15, 0.2) is 0 Å². The number of ether oxygens (including phenoxy) is 1. The van der Waals surface area contributed by atoms with E-state index in [1.54, 1.807) is 6.20 Å². The van der Waals surface area contributed by atoms with E-state index < -0.39 is 0 Å². The third-order valence-corrected chi connectivity index (χ3v) is 2.88. The smallest absolute Gasteiger partial charge is 0.123 e. The van der Waals surface area contributed by atoms with Crippen LogP contribution in [0.15, 0.2) is 6.20 Å². The van der Waals surface area contributed by atoms with Crippen LogP contribution >= 0.6 is 0 Å². The fraction of sp³-hybridized carbons (Fsp3) is 0.667. The van der Waals surface area contributed by atoms with Crippen LogP contribution in [0.3, 0.4) is 0 Å². The van der Waals surface area contributed by atoms with Crippen molar-refractivity contribution in [2.24, 2.45) is 11.8 Å². The van der Waals surface area contributed by atoms with Crippen LogP contribution in [0.25, 0.3) is 0 Å². The first-order chi connectivity index (χ1) is 7.33. The molecule has 1 aliphatic rings. The maximum Gasteiger partial charge on any atom is 0.123 e. The molecular formula is C9H17N5O. The monoisotopic (exact) mass is 211 g/mol. The van der Waals surface area contributed by atoms with Gasteiger partial charge in [-0.3, -0.25) is 16.4 Å². The van der Waals surface area contributed by atoms with Crippen molar-refractivity contribution in [2.45, 2.75) is 18.9 Å². The number of hydrogen-bond acceptors (Lipinski definition) is 5. The largest absolute Gasteiger partial charge is 0.384 e. The Morgan fingerprint density at radius 2 is 2.53 bits per heavy atom. The molecule has 1 aromatic rings. The number of aromatic nitrogens is 2. The van der Waals surface area contributed by atoms with Crippen molar-refractivity contribution in [3.05, 3.63) is 11.8 Å². The van der Waals surface area contributed by atoms with Crippen LogP contribution in [-0.2, 0) is 4.74 Å². The molecule has 1 aromatic heterocycles. The van der Waals surface area contributed by atoms with Crippen molar-refractivity contribution in [1.29, 1.82) is 0 Å². The molecule has 0 amide bonds. The maximum atomic E-state index is 5.77. The van der Waals surface area contributed by atoms with Crippen LogP contribution in [0.5, 0.6) is 0 Å². The molecule has 15 heavy (non-hydrogen) atoms. The number of nitrogen functional groups attached to an aromatic ring is 1. The van der Waals surface area contributed by atoms with Crippen molar-refractivity contribution in [3.8, 4) is 0 Å². The van der Waals surface area contributed by atoms with E-state index in [-0.39, 0.29) is 6.04 Å². The summed E-state index contributed by atoms with van der Waals surface area (Å²) >= 11 is 0. The number of hydrazine groups is 1. The SMILES string of the molecule is NNC(c1cn[nH]c1N)C1CCCOC1. The highest BCUT2D eigenvalue weighted by atomic mass is 16.5. The zero-order chi connectivity index (χ0) is 10.7. The predicted molar refractivity (Wildman–Crippen MR) is 56.6 cm³/mol. The van der Waals surface area contributed by atoms with Crippen LogP contribution < -0.4 is 17.0 Å². The van der Waals surface area contributed by atoms with E-state index in [0.717, 1.165) is 31.6 Å². The van der Waals surface area contributed by atoms with Gasteiger partial charge in [-0.15, -0.1) is 0 Å². The van der Waals surface area contributed by atoms with Gasteiger partial charge in [-0.05, 0) is 12.8 Å². The third-order valence-electron chi connectivity index (χ3n) is 2.88. The lowest BCUT2D eigenvalue weighted by Crippen LogP contribution is -2.37. The van der Waals surface area contributed by atoms with Gasteiger partial charge in [-0.2, -0.15) is 5.10 Å². The number of anilines is 1. The number of hydrogen-bond donors (Lipinski definition) is 4. The highest BCUT2D eigenvalue weighted by Gasteiger charge is 2.26. The first-order valence-corrected chi connectivity index (χ1v) is 5.15. The molecule has 6 heteroatoms. The van der Waals surface area contributed by atoms with Gasteiger partial charge in [0.1, 0.15) is 5.82 Å². The van der Waals surface area contributed by atoms with Gasteiger partial charge in [0.25, 0.3) is 0 Å². The predicted octanol–water partition coefficient (Wildman–Crippen LogP) is -0.0771. The van der Waals surface area contributed by atoms with Crippen LogP contribution in [0.1, 0.15) is 24.4 Å². The van der Waals surface area contributed by atoms with E-state index >= 15 is 0 Å². The second-order valence-corrected chi connectivity index (χ2v) is 3.86. The summed E-state index contributed by atoms with van der Waals surface area (Å²) in [5.74, 6) is 6.50. The molecule has 2 rings (SSSR count). The summed E-state index contributed by atoms with van der Waals surface area (Å²) in [5, 5.41) is 6.61. The molecule has 2 unspecified atom stereocenters. The molecule has 0 radical (unpaired) electrons. The summed E-state index contributed by atoms with van der Waals surface area (Å²) in [6.45, 7) is 1.56. The first kappa shape index (κ1) is 10.4. The van der Waals surface area contributed by atoms with E-state index in [0.29, 0.717) is 11.7 Å². The number of rotatable bonds is 3. The average Bonchev–Trinajstić information content (AvgIpc) is 2.68. The minimum atomic E-state index is 0.0176. The maximum absolute atomic E-state index is 5.77. The van der Waals surface area contributed by atoms with Crippen LogP contribution in [0.4, 0.5) is 5.82 Å². The Morgan fingerprint density at radius 3 is 3.07 bits per heavy atom. The Bertz CT molecular complexity index is 307. The van der Waals surface area contributed by atoms with E-state index in [1.807, 2.05) is 0 Å². The van der Waals surface area contributed by atoms with Crippen molar-refractivity contribution in [1.82, 2.24) is 15.6 Å². The first-order valence-electron chi connectivity index (χ1n) is 5.15. The highest BCUT2D eigenvalue weighted by Crippen LogP contribution is 2.30.